The zero-order chi connectivity index (χ0) is 19.6. The number of alkyl halides is 3. The Kier molecular flexibility index (Phi) is 5.74. The third-order valence-corrected chi connectivity index (χ3v) is 5.08. The number of hydrogen-bond donors (Lipinski definition) is 1. The van der Waals surface area contributed by atoms with Crippen molar-refractivity contribution in [2.75, 3.05) is 31.1 Å². The lowest BCUT2D eigenvalue weighted by atomic mass is 10.1. The number of carbonyl (C=O) groups is 2. The maximum atomic E-state index is 13.4. The Morgan fingerprint density at radius 2 is 2.11 bits per heavy atom. The molecule has 2 aliphatic heterocycles. The lowest BCUT2D eigenvalue weighted by Gasteiger charge is -2.29. The van der Waals surface area contributed by atoms with Crippen molar-refractivity contribution in [1.82, 2.24) is 10.2 Å². The average Bonchev–Trinajstić information content (AvgIpc) is 3.29. The van der Waals surface area contributed by atoms with E-state index in [0.29, 0.717) is 32.5 Å². The smallest absolute Gasteiger partial charge is 0.334 e. The van der Waals surface area contributed by atoms with Gasteiger partial charge in [0.05, 0.1) is 5.56 Å². The quantitative estimate of drug-likeness (QED) is 0.850. The summed E-state index contributed by atoms with van der Waals surface area (Å²) < 4.78 is 40.2. The maximum Gasteiger partial charge on any atom is 0.416 e. The third kappa shape index (κ3) is 4.26. The number of halogens is 3. The van der Waals surface area contributed by atoms with E-state index < -0.39 is 17.6 Å². The molecule has 5 nitrogen and oxygen atoms in total. The first kappa shape index (κ1) is 19.7. The van der Waals surface area contributed by atoms with Crippen LogP contribution in [0.15, 0.2) is 18.2 Å². The van der Waals surface area contributed by atoms with Gasteiger partial charge in [-0.15, -0.1) is 0 Å². The molecule has 1 unspecified atom stereocenters. The highest BCUT2D eigenvalue weighted by Crippen LogP contribution is 2.34. The molecule has 3 rings (SSSR count). The highest BCUT2D eigenvalue weighted by atomic mass is 19.4. The van der Waals surface area contributed by atoms with E-state index >= 15 is 0 Å². The highest BCUT2D eigenvalue weighted by Gasteiger charge is 2.35. The zero-order valence-corrected chi connectivity index (χ0v) is 15.3. The van der Waals surface area contributed by atoms with Gasteiger partial charge in [0.15, 0.2) is 0 Å². The number of hydrogen-bond acceptors (Lipinski definition) is 3. The van der Waals surface area contributed by atoms with Gasteiger partial charge >= 0.3 is 6.18 Å². The van der Waals surface area contributed by atoms with E-state index in [1.807, 2.05) is 6.92 Å². The molecule has 2 aliphatic rings. The second-order valence-corrected chi connectivity index (χ2v) is 7.06. The van der Waals surface area contributed by atoms with Crippen LogP contribution in [0.25, 0.3) is 0 Å². The first-order valence-electron chi connectivity index (χ1n) is 9.35. The van der Waals surface area contributed by atoms with E-state index in [-0.39, 0.29) is 23.2 Å². The molecule has 1 aromatic rings. The predicted octanol–water partition coefficient (Wildman–Crippen LogP) is 3.05. The Labute approximate surface area is 156 Å². The SMILES string of the molecule is CCCN(C(=O)c1cc(N2CCCC2=O)cc(C(F)(F)F)c1)C1CCNC1. The third-order valence-electron chi connectivity index (χ3n) is 5.08. The van der Waals surface area contributed by atoms with Gasteiger partial charge in [0.1, 0.15) is 0 Å². The number of carbonyl (C=O) groups excluding carboxylic acids is 2. The largest absolute Gasteiger partial charge is 0.416 e. The Bertz CT molecular complexity index is 715. The van der Waals surface area contributed by atoms with E-state index in [0.717, 1.165) is 31.5 Å². The van der Waals surface area contributed by atoms with Crippen LogP contribution in [0.4, 0.5) is 18.9 Å². The fraction of sp³-hybridized carbons (Fsp3) is 0.579. The topological polar surface area (TPSA) is 52.7 Å². The monoisotopic (exact) mass is 383 g/mol. The maximum absolute atomic E-state index is 13.4. The van der Waals surface area contributed by atoms with Crippen molar-refractivity contribution in [3.63, 3.8) is 0 Å². The molecule has 0 saturated carbocycles. The number of rotatable bonds is 5. The van der Waals surface area contributed by atoms with E-state index in [2.05, 4.69) is 5.32 Å². The minimum atomic E-state index is -4.59. The first-order valence-corrected chi connectivity index (χ1v) is 9.35. The molecule has 0 spiro atoms. The fourth-order valence-electron chi connectivity index (χ4n) is 3.74. The molecule has 1 aromatic carbocycles. The van der Waals surface area contributed by atoms with Crippen LogP contribution in [0, 0.1) is 0 Å². The molecule has 27 heavy (non-hydrogen) atoms. The van der Waals surface area contributed by atoms with E-state index in [1.54, 1.807) is 4.90 Å². The number of nitrogens with zero attached hydrogens (tertiary/aromatic N) is 2. The summed E-state index contributed by atoms with van der Waals surface area (Å²) >= 11 is 0. The molecule has 148 valence electrons. The second-order valence-electron chi connectivity index (χ2n) is 7.06. The normalized spacial score (nSPS) is 20.4. The van der Waals surface area contributed by atoms with E-state index in [1.165, 1.54) is 11.0 Å². The Morgan fingerprint density at radius 1 is 1.33 bits per heavy atom. The molecule has 0 aliphatic carbocycles. The molecule has 2 heterocycles. The van der Waals surface area contributed by atoms with Gasteiger partial charge in [0.2, 0.25) is 5.91 Å². The summed E-state index contributed by atoms with van der Waals surface area (Å²) in [4.78, 5) is 28.1. The fourth-order valence-corrected chi connectivity index (χ4v) is 3.74. The van der Waals surface area contributed by atoms with Crippen molar-refractivity contribution >= 4 is 17.5 Å². The van der Waals surface area contributed by atoms with Gasteiger partial charge in [-0.2, -0.15) is 13.2 Å². The lowest BCUT2D eigenvalue weighted by molar-refractivity contribution is -0.137. The van der Waals surface area contributed by atoms with Crippen molar-refractivity contribution in [1.29, 1.82) is 0 Å². The molecule has 2 saturated heterocycles. The Morgan fingerprint density at radius 3 is 2.67 bits per heavy atom. The average molecular weight is 383 g/mol. The number of benzene rings is 1. The van der Waals surface area contributed by atoms with E-state index in [9.17, 15) is 22.8 Å². The number of nitrogens with one attached hydrogen (secondary N) is 1. The molecule has 1 N–H and O–H groups in total. The first-order chi connectivity index (χ1) is 12.8. The van der Waals surface area contributed by atoms with Crippen LogP contribution in [0.2, 0.25) is 0 Å². The summed E-state index contributed by atoms with van der Waals surface area (Å²) in [5, 5.41) is 3.19. The van der Waals surface area contributed by atoms with Crippen LogP contribution >= 0.6 is 0 Å². The highest BCUT2D eigenvalue weighted by molar-refractivity contribution is 5.99. The summed E-state index contributed by atoms with van der Waals surface area (Å²) in [5.41, 5.74) is -0.763. The van der Waals surface area contributed by atoms with Crippen LogP contribution in [-0.4, -0.2) is 48.9 Å². The van der Waals surface area contributed by atoms with Crippen LogP contribution in [0.1, 0.15) is 48.5 Å². The van der Waals surface area contributed by atoms with Crippen LogP contribution < -0.4 is 10.2 Å². The van der Waals surface area contributed by atoms with Crippen LogP contribution in [-0.2, 0) is 11.0 Å². The van der Waals surface area contributed by atoms with Crippen molar-refractivity contribution < 1.29 is 22.8 Å². The Balaban J connectivity index is 1.99. The second kappa shape index (κ2) is 7.88. The van der Waals surface area contributed by atoms with E-state index in [4.69, 9.17) is 0 Å². The van der Waals surface area contributed by atoms with Gasteiger partial charge in [-0.25, -0.2) is 0 Å². The number of amides is 2. The van der Waals surface area contributed by atoms with Crippen molar-refractivity contribution in [3.8, 4) is 0 Å². The zero-order valence-electron chi connectivity index (χ0n) is 15.3. The summed E-state index contributed by atoms with van der Waals surface area (Å²) in [5.74, 6) is -0.623. The minimum absolute atomic E-state index is 0.0140. The summed E-state index contributed by atoms with van der Waals surface area (Å²) in [6.07, 6.45) is -2.16. The van der Waals surface area contributed by atoms with Gasteiger partial charge < -0.3 is 15.1 Å². The molecule has 0 radical (unpaired) electrons. The lowest BCUT2D eigenvalue weighted by Crippen LogP contribution is -2.42. The summed E-state index contributed by atoms with van der Waals surface area (Å²) in [6, 6.07) is 3.26. The molecular weight excluding hydrogens is 359 g/mol. The molecule has 2 fully saturated rings. The van der Waals surface area contributed by atoms with Gasteiger partial charge in [-0.3, -0.25) is 9.59 Å². The van der Waals surface area contributed by atoms with Crippen LogP contribution in [0.5, 0.6) is 0 Å². The molecule has 2 amide bonds. The predicted molar refractivity (Wildman–Crippen MR) is 95.6 cm³/mol. The molecule has 0 bridgehead atoms. The Hall–Kier alpha value is -2.09. The van der Waals surface area contributed by atoms with Crippen molar-refractivity contribution in [3.05, 3.63) is 29.3 Å². The van der Waals surface area contributed by atoms with Crippen LogP contribution in [0.3, 0.4) is 0 Å². The molecule has 0 aromatic heterocycles. The molecule has 1 atom stereocenters. The molecule has 8 heteroatoms. The standard InChI is InChI=1S/C19H24F3N3O2/c1-2-7-25(15-5-6-23-12-15)18(27)13-9-14(19(20,21)22)11-16(10-13)24-8-3-4-17(24)26/h9-11,15,23H,2-8,12H2,1H3. The molecular formula is C19H24F3N3O2. The minimum Gasteiger partial charge on any atom is -0.334 e. The van der Waals surface area contributed by atoms with Gasteiger partial charge in [-0.05, 0) is 44.0 Å². The van der Waals surface area contributed by atoms with Gasteiger partial charge in [0.25, 0.3) is 5.91 Å². The van der Waals surface area contributed by atoms with Gasteiger partial charge in [0, 0.05) is 43.3 Å². The summed E-state index contributed by atoms with van der Waals surface area (Å²) in [7, 11) is 0. The van der Waals surface area contributed by atoms with Crippen molar-refractivity contribution in [2.45, 2.75) is 44.8 Å². The number of anilines is 1. The van der Waals surface area contributed by atoms with Gasteiger partial charge in [-0.1, -0.05) is 6.92 Å². The van der Waals surface area contributed by atoms with Crippen molar-refractivity contribution in [2.24, 2.45) is 0 Å². The summed E-state index contributed by atoms with van der Waals surface area (Å²) in [6.45, 7) is 4.22.